The van der Waals surface area contributed by atoms with Crippen LogP contribution in [0.1, 0.15) is 21.9 Å². The van der Waals surface area contributed by atoms with Gasteiger partial charge in [-0.25, -0.2) is 4.98 Å². The number of fused-ring (bicyclic) bond motifs is 2. The number of carbonyl (C=O) groups is 1. The van der Waals surface area contributed by atoms with Crippen molar-refractivity contribution in [2.75, 3.05) is 0 Å². The number of benzene rings is 2. The Kier molecular flexibility index (Phi) is 3.50. The summed E-state index contributed by atoms with van der Waals surface area (Å²) in [6.07, 6.45) is 2.94. The second kappa shape index (κ2) is 5.67. The number of rotatable bonds is 2. The summed E-state index contributed by atoms with van der Waals surface area (Å²) in [6.45, 7) is 2.07. The zero-order chi connectivity index (χ0) is 15.8. The first-order valence-corrected chi connectivity index (χ1v) is 8.42. The molecule has 0 unspecified atom stereocenters. The van der Waals surface area contributed by atoms with Crippen LogP contribution < -0.4 is 0 Å². The minimum absolute atomic E-state index is 0.0101. The van der Waals surface area contributed by atoms with Gasteiger partial charge in [0, 0.05) is 16.5 Å². The van der Waals surface area contributed by atoms with E-state index in [2.05, 4.69) is 43.3 Å². The quantitative estimate of drug-likeness (QED) is 0.625. The topological polar surface area (TPSA) is 30.0 Å². The lowest BCUT2D eigenvalue weighted by Gasteiger charge is -2.22. The normalized spacial score (nSPS) is 16.7. The lowest BCUT2D eigenvalue weighted by Crippen LogP contribution is -2.06. The summed E-state index contributed by atoms with van der Waals surface area (Å²) in [7, 11) is 0. The number of nitrogens with zero attached hydrogens (tertiary/aromatic N) is 1. The molecule has 0 N–H and O–H groups in total. The highest BCUT2D eigenvalue weighted by atomic mass is 32.2. The van der Waals surface area contributed by atoms with E-state index in [1.807, 2.05) is 24.3 Å². The van der Waals surface area contributed by atoms with Crippen LogP contribution in [0.5, 0.6) is 0 Å². The molecule has 0 radical (unpaired) electrons. The maximum atomic E-state index is 11.6. The van der Waals surface area contributed by atoms with Crippen molar-refractivity contribution in [3.05, 3.63) is 76.9 Å². The van der Waals surface area contributed by atoms with Gasteiger partial charge in [0.2, 0.25) is 0 Å². The molecule has 2 aromatic carbocycles. The molecule has 1 aromatic heterocycles. The lowest BCUT2D eigenvalue weighted by molar-refractivity contribution is -0.104. The average Bonchev–Trinajstić information content (AvgIpc) is 2.59. The van der Waals surface area contributed by atoms with Gasteiger partial charge in [-0.15, -0.1) is 0 Å². The molecule has 23 heavy (non-hydrogen) atoms. The molecule has 0 bridgehead atoms. The van der Waals surface area contributed by atoms with Gasteiger partial charge in [-0.3, -0.25) is 4.79 Å². The molecular formula is C20H15NOS. The van der Waals surface area contributed by atoms with Crippen LogP contribution in [0.15, 0.2) is 65.2 Å². The largest absolute Gasteiger partial charge is 0.298 e. The van der Waals surface area contributed by atoms with Crippen LogP contribution in [-0.2, 0) is 4.79 Å². The monoisotopic (exact) mass is 317 g/mol. The second-order valence-electron chi connectivity index (χ2n) is 5.75. The zero-order valence-electron chi connectivity index (χ0n) is 12.7. The summed E-state index contributed by atoms with van der Waals surface area (Å²) in [4.78, 5) is 16.4. The lowest BCUT2D eigenvalue weighted by atomic mass is 10.0. The highest BCUT2D eigenvalue weighted by molar-refractivity contribution is 7.99. The van der Waals surface area contributed by atoms with E-state index >= 15 is 0 Å². The van der Waals surface area contributed by atoms with Crippen molar-refractivity contribution in [3.63, 3.8) is 0 Å². The van der Waals surface area contributed by atoms with Crippen LogP contribution in [0.4, 0.5) is 0 Å². The van der Waals surface area contributed by atoms with Crippen molar-refractivity contribution in [1.82, 2.24) is 4.98 Å². The molecule has 2 heterocycles. The zero-order valence-corrected chi connectivity index (χ0v) is 13.5. The van der Waals surface area contributed by atoms with Crippen LogP contribution in [0.3, 0.4) is 0 Å². The Morgan fingerprint density at radius 3 is 2.70 bits per heavy atom. The van der Waals surface area contributed by atoms with E-state index in [4.69, 9.17) is 4.98 Å². The maximum Gasteiger partial charge on any atom is 0.147 e. The smallest absolute Gasteiger partial charge is 0.147 e. The fraction of sp³-hybridized carbons (Fsp3) is 0.100. The van der Waals surface area contributed by atoms with E-state index in [0.29, 0.717) is 0 Å². The minimum atomic E-state index is 0.0101. The Hall–Kier alpha value is -2.39. The van der Waals surface area contributed by atoms with Gasteiger partial charge in [-0.2, -0.15) is 0 Å². The van der Waals surface area contributed by atoms with E-state index < -0.39 is 0 Å². The summed E-state index contributed by atoms with van der Waals surface area (Å²) in [5.74, 6) is 0. The Morgan fingerprint density at radius 2 is 1.91 bits per heavy atom. The fourth-order valence-corrected chi connectivity index (χ4v) is 4.07. The maximum absolute atomic E-state index is 11.6. The van der Waals surface area contributed by atoms with Crippen molar-refractivity contribution in [2.24, 2.45) is 0 Å². The van der Waals surface area contributed by atoms with Crippen molar-refractivity contribution < 1.29 is 4.79 Å². The Morgan fingerprint density at radius 1 is 1.09 bits per heavy atom. The molecule has 0 amide bonds. The standard InChI is InChI=1S/C20H15NOS/c1-13-7-8-15-10-16-11-17(12-22)19(14-5-3-2-4-6-14)23-20(16)21-18(15)9-13/h2-12,19H,1H3/t19-/m1/s1. The Labute approximate surface area is 139 Å². The van der Waals surface area contributed by atoms with Gasteiger partial charge in [0.1, 0.15) is 11.3 Å². The van der Waals surface area contributed by atoms with Gasteiger partial charge >= 0.3 is 0 Å². The predicted molar refractivity (Wildman–Crippen MR) is 95.6 cm³/mol. The van der Waals surface area contributed by atoms with Crippen LogP contribution in [0.2, 0.25) is 0 Å². The van der Waals surface area contributed by atoms with E-state index in [9.17, 15) is 4.79 Å². The molecule has 0 spiro atoms. The van der Waals surface area contributed by atoms with Crippen molar-refractivity contribution in [2.45, 2.75) is 17.2 Å². The second-order valence-corrected chi connectivity index (χ2v) is 6.84. The van der Waals surface area contributed by atoms with E-state index in [1.165, 1.54) is 5.56 Å². The third-order valence-corrected chi connectivity index (χ3v) is 5.39. The molecule has 3 aromatic rings. The number of hydrogen-bond acceptors (Lipinski definition) is 3. The third-order valence-electron chi connectivity index (χ3n) is 4.06. The molecule has 0 fully saturated rings. The molecule has 1 aliphatic heterocycles. The number of hydrogen-bond donors (Lipinski definition) is 0. The van der Waals surface area contributed by atoms with Gasteiger partial charge in [0.25, 0.3) is 0 Å². The molecule has 4 rings (SSSR count). The number of aryl methyl sites for hydroxylation is 1. The molecule has 1 atom stereocenters. The van der Waals surface area contributed by atoms with E-state index in [1.54, 1.807) is 11.8 Å². The van der Waals surface area contributed by atoms with Gasteiger partial charge in [0.15, 0.2) is 0 Å². The first-order valence-electron chi connectivity index (χ1n) is 7.54. The summed E-state index contributed by atoms with van der Waals surface area (Å²) in [5.41, 5.74) is 5.16. The number of carbonyl (C=O) groups excluding carboxylic acids is 1. The van der Waals surface area contributed by atoms with Crippen LogP contribution in [0, 0.1) is 6.92 Å². The Bertz CT molecular complexity index is 931. The van der Waals surface area contributed by atoms with Gasteiger partial charge in [0.05, 0.1) is 10.8 Å². The first kappa shape index (κ1) is 14.2. The predicted octanol–water partition coefficient (Wildman–Crippen LogP) is 4.97. The summed E-state index contributed by atoms with van der Waals surface area (Å²) < 4.78 is 0. The molecule has 112 valence electrons. The van der Waals surface area contributed by atoms with Gasteiger partial charge in [-0.1, -0.05) is 54.2 Å². The fourth-order valence-electron chi connectivity index (χ4n) is 2.89. The average molecular weight is 317 g/mol. The van der Waals surface area contributed by atoms with Crippen LogP contribution in [0.25, 0.3) is 17.0 Å². The van der Waals surface area contributed by atoms with Crippen LogP contribution >= 0.6 is 11.8 Å². The van der Waals surface area contributed by atoms with E-state index in [-0.39, 0.29) is 5.25 Å². The molecular weight excluding hydrogens is 302 g/mol. The minimum Gasteiger partial charge on any atom is -0.298 e. The summed E-state index contributed by atoms with van der Waals surface area (Å²) in [6, 6.07) is 18.5. The highest BCUT2D eigenvalue weighted by Gasteiger charge is 2.24. The molecule has 0 aliphatic carbocycles. The van der Waals surface area contributed by atoms with Crippen molar-refractivity contribution >= 4 is 35.0 Å². The summed E-state index contributed by atoms with van der Waals surface area (Å²) >= 11 is 1.65. The first-order chi connectivity index (χ1) is 11.2. The molecule has 1 aliphatic rings. The number of aromatic nitrogens is 1. The molecule has 0 saturated heterocycles. The molecule has 2 nitrogen and oxygen atoms in total. The van der Waals surface area contributed by atoms with Gasteiger partial charge < -0.3 is 0 Å². The number of aldehydes is 1. The van der Waals surface area contributed by atoms with Crippen molar-refractivity contribution in [3.8, 4) is 0 Å². The van der Waals surface area contributed by atoms with Gasteiger partial charge in [-0.05, 0) is 36.3 Å². The van der Waals surface area contributed by atoms with Crippen molar-refractivity contribution in [1.29, 1.82) is 0 Å². The van der Waals surface area contributed by atoms with E-state index in [0.717, 1.165) is 38.9 Å². The molecule has 3 heteroatoms. The SMILES string of the molecule is Cc1ccc2cc3c(nc2c1)S[C@H](c1ccccc1)C(C=O)=C3. The molecule has 0 saturated carbocycles. The number of pyridine rings is 1. The Balaban J connectivity index is 1.86. The van der Waals surface area contributed by atoms with Crippen LogP contribution in [-0.4, -0.2) is 11.3 Å². The third kappa shape index (κ3) is 2.57. The highest BCUT2D eigenvalue weighted by Crippen LogP contribution is 2.45. The number of thioether (sulfide) groups is 1. The summed E-state index contributed by atoms with van der Waals surface area (Å²) in [5, 5.41) is 2.10.